The number of rotatable bonds is 2. The molecule has 4 heterocycles. The zero-order chi connectivity index (χ0) is 26.5. The number of amides is 1. The van der Waals surface area contributed by atoms with Crippen molar-refractivity contribution in [3.8, 4) is 11.3 Å². The van der Waals surface area contributed by atoms with Gasteiger partial charge in [-0.1, -0.05) is 0 Å². The van der Waals surface area contributed by atoms with Crippen LogP contribution >= 0.6 is 0 Å². The first-order valence-electron chi connectivity index (χ1n) is 12.2. The van der Waals surface area contributed by atoms with Gasteiger partial charge in [0.05, 0.1) is 17.6 Å². The van der Waals surface area contributed by atoms with Gasteiger partial charge in [-0.25, -0.2) is 18.6 Å². The smallest absolute Gasteiger partial charge is 0.414 e. The number of carbonyl (C=O) groups is 1. The van der Waals surface area contributed by atoms with Crippen molar-refractivity contribution in [3.63, 3.8) is 0 Å². The number of hydrogen-bond donors (Lipinski definition) is 0. The molecule has 5 rings (SSSR count). The summed E-state index contributed by atoms with van der Waals surface area (Å²) >= 11 is 0. The number of aromatic nitrogens is 3. The number of hydrogen-bond acceptors (Lipinski definition) is 6. The SMILES string of the molecule is Cn1c(N2CCC3(CC2)CN(C(=O)OC(C)(C)C)c2ccc(F)cc23)nc(-c2ccncc2F)cc1=O. The number of benzene rings is 1. The van der Waals surface area contributed by atoms with Crippen molar-refractivity contribution < 1.29 is 18.3 Å². The van der Waals surface area contributed by atoms with E-state index in [1.54, 1.807) is 18.0 Å². The molecule has 0 saturated carbocycles. The summed E-state index contributed by atoms with van der Waals surface area (Å²) in [5.41, 5.74) is 0.460. The molecule has 1 amide bonds. The van der Waals surface area contributed by atoms with Gasteiger partial charge in [-0.15, -0.1) is 0 Å². The average molecular weight is 510 g/mol. The van der Waals surface area contributed by atoms with Crippen molar-refractivity contribution >= 4 is 17.7 Å². The second kappa shape index (κ2) is 8.93. The third kappa shape index (κ3) is 4.56. The highest BCUT2D eigenvalue weighted by molar-refractivity contribution is 5.91. The van der Waals surface area contributed by atoms with Crippen LogP contribution in [0.25, 0.3) is 11.3 Å². The van der Waals surface area contributed by atoms with Crippen LogP contribution in [0.2, 0.25) is 0 Å². The molecule has 2 aliphatic rings. The maximum atomic E-state index is 14.4. The minimum absolute atomic E-state index is 0.204. The van der Waals surface area contributed by atoms with Crippen molar-refractivity contribution in [2.45, 2.75) is 44.6 Å². The predicted octanol–water partition coefficient (Wildman–Crippen LogP) is 4.41. The fraction of sp³-hybridized carbons (Fsp3) is 0.407. The van der Waals surface area contributed by atoms with Crippen LogP contribution < -0.4 is 15.4 Å². The van der Waals surface area contributed by atoms with E-state index in [0.29, 0.717) is 44.1 Å². The Labute approximate surface area is 213 Å². The summed E-state index contributed by atoms with van der Waals surface area (Å²) in [6.07, 6.45) is 3.29. The summed E-state index contributed by atoms with van der Waals surface area (Å²) in [6.45, 7) is 6.84. The van der Waals surface area contributed by atoms with Gasteiger partial charge in [-0.2, -0.15) is 0 Å². The van der Waals surface area contributed by atoms with Gasteiger partial charge in [0.2, 0.25) is 5.95 Å². The van der Waals surface area contributed by atoms with E-state index in [-0.39, 0.29) is 22.6 Å². The van der Waals surface area contributed by atoms with Gasteiger partial charge in [0.1, 0.15) is 11.4 Å². The number of anilines is 2. The van der Waals surface area contributed by atoms with Gasteiger partial charge in [0.25, 0.3) is 5.56 Å². The van der Waals surface area contributed by atoms with Gasteiger partial charge in [0, 0.05) is 49.9 Å². The Hall–Kier alpha value is -3.82. The molecule has 1 fully saturated rings. The van der Waals surface area contributed by atoms with Crippen LogP contribution in [0.1, 0.15) is 39.2 Å². The standard InChI is InChI=1S/C27H29F2N5O3/c1-26(2,3)37-25(36)34-16-27(19-13-17(28)5-6-22(19)34)8-11-33(12-9-27)24-31-21(14-23(35)32(24)4)18-7-10-30-15-20(18)29/h5-7,10,13-15H,8-9,11-12,16H2,1-4H3. The molecule has 37 heavy (non-hydrogen) atoms. The fourth-order valence-electron chi connectivity index (χ4n) is 5.21. The molecule has 0 bridgehead atoms. The van der Waals surface area contributed by atoms with Gasteiger partial charge in [0.15, 0.2) is 5.82 Å². The lowest BCUT2D eigenvalue weighted by molar-refractivity contribution is 0.0576. The monoisotopic (exact) mass is 509 g/mol. The molecule has 10 heteroatoms. The van der Waals surface area contributed by atoms with E-state index >= 15 is 0 Å². The van der Waals surface area contributed by atoms with E-state index in [4.69, 9.17) is 4.74 Å². The van der Waals surface area contributed by atoms with Gasteiger partial charge < -0.3 is 9.64 Å². The highest BCUT2D eigenvalue weighted by atomic mass is 19.1. The van der Waals surface area contributed by atoms with E-state index in [2.05, 4.69) is 9.97 Å². The normalized spacial score (nSPS) is 16.7. The molecule has 1 aromatic carbocycles. The van der Waals surface area contributed by atoms with Gasteiger partial charge in [-0.05, 0) is 63.4 Å². The van der Waals surface area contributed by atoms with Crippen molar-refractivity contribution in [1.82, 2.24) is 14.5 Å². The summed E-state index contributed by atoms with van der Waals surface area (Å²) in [6, 6.07) is 7.29. The number of ether oxygens (including phenoxy) is 1. The molecule has 0 unspecified atom stereocenters. The minimum atomic E-state index is -0.661. The highest BCUT2D eigenvalue weighted by Crippen LogP contribution is 2.48. The van der Waals surface area contributed by atoms with Crippen LogP contribution in [0.5, 0.6) is 0 Å². The van der Waals surface area contributed by atoms with Crippen LogP contribution in [0.3, 0.4) is 0 Å². The Morgan fingerprint density at radius 1 is 1.11 bits per heavy atom. The van der Waals surface area contributed by atoms with Crippen molar-refractivity contribution in [3.05, 3.63) is 70.3 Å². The maximum Gasteiger partial charge on any atom is 0.414 e. The largest absolute Gasteiger partial charge is 0.443 e. The van der Waals surface area contributed by atoms with Gasteiger partial charge >= 0.3 is 6.09 Å². The number of halogens is 2. The molecule has 194 valence electrons. The van der Waals surface area contributed by atoms with E-state index in [1.807, 2.05) is 25.7 Å². The lowest BCUT2D eigenvalue weighted by Gasteiger charge is -2.40. The van der Waals surface area contributed by atoms with Crippen molar-refractivity contribution in [1.29, 1.82) is 0 Å². The lowest BCUT2D eigenvalue weighted by atomic mass is 9.74. The second-order valence-electron chi connectivity index (χ2n) is 10.7. The summed E-state index contributed by atoms with van der Waals surface area (Å²) in [4.78, 5) is 37.7. The van der Waals surface area contributed by atoms with E-state index < -0.39 is 22.9 Å². The topological polar surface area (TPSA) is 80.6 Å². The predicted molar refractivity (Wildman–Crippen MR) is 136 cm³/mol. The molecule has 8 nitrogen and oxygen atoms in total. The average Bonchev–Trinajstić information content (AvgIpc) is 3.14. The Morgan fingerprint density at radius 3 is 2.51 bits per heavy atom. The molecule has 1 spiro atoms. The first kappa shape index (κ1) is 24.9. The van der Waals surface area contributed by atoms with Crippen LogP contribution in [-0.2, 0) is 17.2 Å². The highest BCUT2D eigenvalue weighted by Gasteiger charge is 2.48. The first-order chi connectivity index (χ1) is 17.5. The fourth-order valence-corrected chi connectivity index (χ4v) is 5.21. The number of fused-ring (bicyclic) bond motifs is 2. The van der Waals surface area contributed by atoms with Crippen LogP contribution in [0.4, 0.5) is 25.2 Å². The summed E-state index contributed by atoms with van der Waals surface area (Å²) in [5.74, 6) is -0.489. The van der Waals surface area contributed by atoms with E-state index in [0.717, 1.165) is 11.8 Å². The number of piperidine rings is 1. The molecule has 3 aromatic rings. The van der Waals surface area contributed by atoms with E-state index in [1.165, 1.54) is 35.0 Å². The Bertz CT molecular complexity index is 1420. The van der Waals surface area contributed by atoms with E-state index in [9.17, 15) is 18.4 Å². The Morgan fingerprint density at radius 2 is 1.84 bits per heavy atom. The zero-order valence-corrected chi connectivity index (χ0v) is 21.3. The lowest BCUT2D eigenvalue weighted by Crippen LogP contribution is -2.48. The summed E-state index contributed by atoms with van der Waals surface area (Å²) < 4.78 is 35.8. The third-order valence-electron chi connectivity index (χ3n) is 7.06. The van der Waals surface area contributed by atoms with Crippen LogP contribution in [0, 0.1) is 11.6 Å². The number of pyridine rings is 1. The van der Waals surface area contributed by atoms with Crippen molar-refractivity contribution in [2.24, 2.45) is 7.05 Å². The first-order valence-corrected chi connectivity index (χ1v) is 12.2. The Balaban J connectivity index is 1.44. The number of nitrogens with zero attached hydrogens (tertiary/aromatic N) is 5. The molecule has 2 aliphatic heterocycles. The Kier molecular flexibility index (Phi) is 6.00. The molecule has 0 aliphatic carbocycles. The van der Waals surface area contributed by atoms with Crippen molar-refractivity contribution in [2.75, 3.05) is 29.4 Å². The molecule has 1 saturated heterocycles. The number of carbonyl (C=O) groups excluding carboxylic acids is 1. The molecule has 0 N–H and O–H groups in total. The molecule has 0 atom stereocenters. The summed E-state index contributed by atoms with van der Waals surface area (Å²) in [5, 5.41) is 0. The molecular weight excluding hydrogens is 480 g/mol. The maximum absolute atomic E-state index is 14.4. The third-order valence-corrected chi connectivity index (χ3v) is 7.06. The minimum Gasteiger partial charge on any atom is -0.443 e. The summed E-state index contributed by atoms with van der Waals surface area (Å²) in [7, 11) is 1.63. The molecular formula is C27H29F2N5O3. The van der Waals surface area contributed by atoms with Gasteiger partial charge in [-0.3, -0.25) is 19.2 Å². The van der Waals surface area contributed by atoms with Crippen LogP contribution in [0.15, 0.2) is 47.5 Å². The molecule has 2 aromatic heterocycles. The zero-order valence-electron chi connectivity index (χ0n) is 21.3. The molecule has 0 radical (unpaired) electrons. The quantitative estimate of drug-likeness (QED) is 0.509. The second-order valence-corrected chi connectivity index (χ2v) is 10.7. The van der Waals surface area contributed by atoms with Crippen LogP contribution in [-0.4, -0.2) is 45.9 Å².